The monoisotopic (exact) mass is 364 g/mol. The van der Waals surface area contributed by atoms with Crippen molar-refractivity contribution < 1.29 is 9.47 Å². The van der Waals surface area contributed by atoms with Crippen molar-refractivity contribution in [1.29, 1.82) is 0 Å². The van der Waals surface area contributed by atoms with Gasteiger partial charge in [-0.2, -0.15) is 0 Å². The van der Waals surface area contributed by atoms with E-state index < -0.39 is 0 Å². The molecule has 0 aliphatic carbocycles. The Bertz CT molecular complexity index is 535. The molecular formula is C20H36N4O2. The lowest BCUT2D eigenvalue weighted by molar-refractivity contribution is 0.337. The largest absolute Gasteiger partial charge is 0.493 e. The van der Waals surface area contributed by atoms with Gasteiger partial charge in [0.2, 0.25) is 0 Å². The van der Waals surface area contributed by atoms with Crippen LogP contribution in [0, 0.1) is 0 Å². The number of methoxy groups -OCH3 is 2. The standard InChI is InChI=1S/C20H36N4O2/c1-6-8-14-24(3)15-13-23-20(21-7-2)22-12-11-17-9-10-18(25-4)19(16-17)26-5/h9-10,16H,6-8,11-15H2,1-5H3,(H2,21,22,23). The van der Waals surface area contributed by atoms with E-state index in [1.54, 1.807) is 14.2 Å². The fourth-order valence-corrected chi connectivity index (χ4v) is 2.58. The Kier molecular flexibility index (Phi) is 11.3. The third-order valence-corrected chi connectivity index (χ3v) is 4.14. The molecule has 6 nitrogen and oxygen atoms in total. The van der Waals surface area contributed by atoms with Gasteiger partial charge in [0, 0.05) is 19.6 Å². The quantitative estimate of drug-likeness (QED) is 0.441. The highest BCUT2D eigenvalue weighted by Gasteiger charge is 2.05. The predicted molar refractivity (Wildman–Crippen MR) is 110 cm³/mol. The highest BCUT2D eigenvalue weighted by atomic mass is 16.5. The summed E-state index contributed by atoms with van der Waals surface area (Å²) in [5.41, 5.74) is 1.20. The number of ether oxygens (including phenoxy) is 2. The van der Waals surface area contributed by atoms with Gasteiger partial charge >= 0.3 is 0 Å². The van der Waals surface area contributed by atoms with Gasteiger partial charge in [-0.3, -0.25) is 4.99 Å². The number of aliphatic imine (C=N–C) groups is 1. The lowest BCUT2D eigenvalue weighted by Crippen LogP contribution is -2.39. The van der Waals surface area contributed by atoms with Gasteiger partial charge in [-0.15, -0.1) is 0 Å². The highest BCUT2D eigenvalue weighted by Crippen LogP contribution is 2.27. The van der Waals surface area contributed by atoms with E-state index in [1.165, 1.54) is 18.4 Å². The second kappa shape index (κ2) is 13.3. The topological polar surface area (TPSA) is 58.1 Å². The van der Waals surface area contributed by atoms with E-state index in [0.29, 0.717) is 0 Å². The van der Waals surface area contributed by atoms with Crippen molar-refractivity contribution in [3.63, 3.8) is 0 Å². The maximum absolute atomic E-state index is 5.36. The number of hydrogen-bond acceptors (Lipinski definition) is 4. The van der Waals surface area contributed by atoms with Crippen molar-refractivity contribution >= 4 is 5.96 Å². The van der Waals surface area contributed by atoms with E-state index in [2.05, 4.69) is 47.5 Å². The number of unbranched alkanes of at least 4 members (excludes halogenated alkanes) is 1. The fourth-order valence-electron chi connectivity index (χ4n) is 2.58. The van der Waals surface area contributed by atoms with Crippen LogP contribution in [0.5, 0.6) is 11.5 Å². The number of rotatable bonds is 12. The van der Waals surface area contributed by atoms with Gasteiger partial charge in [0.25, 0.3) is 0 Å². The van der Waals surface area contributed by atoms with E-state index in [4.69, 9.17) is 9.47 Å². The minimum Gasteiger partial charge on any atom is -0.493 e. The average molecular weight is 365 g/mol. The third-order valence-electron chi connectivity index (χ3n) is 4.14. The van der Waals surface area contributed by atoms with E-state index in [9.17, 15) is 0 Å². The number of nitrogens with zero attached hydrogens (tertiary/aromatic N) is 2. The Morgan fingerprint density at radius 1 is 1.08 bits per heavy atom. The Morgan fingerprint density at radius 3 is 2.50 bits per heavy atom. The number of guanidine groups is 1. The number of hydrogen-bond donors (Lipinski definition) is 2. The Labute approximate surface area is 159 Å². The summed E-state index contributed by atoms with van der Waals surface area (Å²) >= 11 is 0. The minimum absolute atomic E-state index is 0.756. The zero-order valence-corrected chi connectivity index (χ0v) is 17.1. The van der Waals surface area contributed by atoms with Gasteiger partial charge in [-0.05, 0) is 51.1 Å². The van der Waals surface area contributed by atoms with Crippen LogP contribution in [0.25, 0.3) is 0 Å². The zero-order chi connectivity index (χ0) is 19.2. The lowest BCUT2D eigenvalue weighted by Gasteiger charge is -2.16. The molecule has 0 aliphatic heterocycles. The summed E-state index contributed by atoms with van der Waals surface area (Å²) < 4.78 is 10.6. The maximum atomic E-state index is 5.36. The van der Waals surface area contributed by atoms with Crippen molar-refractivity contribution in [2.45, 2.75) is 33.1 Å². The first-order valence-electron chi connectivity index (χ1n) is 9.56. The van der Waals surface area contributed by atoms with Crippen LogP contribution in [0.3, 0.4) is 0 Å². The van der Waals surface area contributed by atoms with Crippen molar-refractivity contribution in [3.05, 3.63) is 23.8 Å². The van der Waals surface area contributed by atoms with Gasteiger partial charge in [0.15, 0.2) is 17.5 Å². The molecule has 0 unspecified atom stereocenters. The average Bonchev–Trinajstić information content (AvgIpc) is 2.66. The number of benzene rings is 1. The zero-order valence-electron chi connectivity index (χ0n) is 17.1. The SMILES string of the molecule is CCCCN(C)CCN=C(NCC)NCCc1ccc(OC)c(OC)c1. The van der Waals surface area contributed by atoms with Crippen LogP contribution in [0.2, 0.25) is 0 Å². The first-order chi connectivity index (χ1) is 12.6. The van der Waals surface area contributed by atoms with Crippen LogP contribution in [-0.2, 0) is 6.42 Å². The molecule has 1 aromatic rings. The summed E-state index contributed by atoms with van der Waals surface area (Å²) in [5.74, 6) is 2.39. The molecule has 0 aliphatic rings. The van der Waals surface area contributed by atoms with Crippen molar-refractivity contribution in [2.24, 2.45) is 4.99 Å². The van der Waals surface area contributed by atoms with Gasteiger partial charge in [-0.1, -0.05) is 19.4 Å². The number of likely N-dealkylation sites (N-methyl/N-ethyl adjacent to an activating group) is 1. The Balaban J connectivity index is 2.46. The molecule has 0 saturated carbocycles. The van der Waals surface area contributed by atoms with Gasteiger partial charge in [-0.25, -0.2) is 0 Å². The van der Waals surface area contributed by atoms with Crippen LogP contribution in [-0.4, -0.2) is 64.9 Å². The molecular weight excluding hydrogens is 328 g/mol. The maximum Gasteiger partial charge on any atom is 0.191 e. The molecule has 148 valence electrons. The Morgan fingerprint density at radius 2 is 1.85 bits per heavy atom. The molecule has 26 heavy (non-hydrogen) atoms. The van der Waals surface area contributed by atoms with Crippen LogP contribution in [0.4, 0.5) is 0 Å². The molecule has 0 heterocycles. The molecule has 1 rings (SSSR count). The fraction of sp³-hybridized carbons (Fsp3) is 0.650. The second-order valence-corrected chi connectivity index (χ2v) is 6.28. The smallest absolute Gasteiger partial charge is 0.191 e. The van der Waals surface area contributed by atoms with Crippen LogP contribution >= 0.6 is 0 Å². The summed E-state index contributed by atoms with van der Waals surface area (Å²) in [7, 11) is 5.47. The molecule has 0 amide bonds. The van der Waals surface area contributed by atoms with Crippen LogP contribution in [0.15, 0.2) is 23.2 Å². The van der Waals surface area contributed by atoms with Gasteiger partial charge in [0.05, 0.1) is 20.8 Å². The molecule has 0 saturated heterocycles. The van der Waals surface area contributed by atoms with Crippen molar-refractivity contribution in [3.8, 4) is 11.5 Å². The molecule has 0 fully saturated rings. The summed E-state index contributed by atoms with van der Waals surface area (Å²) in [6.07, 6.45) is 3.36. The second-order valence-electron chi connectivity index (χ2n) is 6.28. The van der Waals surface area contributed by atoms with Crippen LogP contribution in [0.1, 0.15) is 32.3 Å². The first-order valence-corrected chi connectivity index (χ1v) is 9.56. The Hall–Kier alpha value is -1.95. The summed E-state index contributed by atoms with van der Waals surface area (Å²) in [5, 5.41) is 6.70. The van der Waals surface area contributed by atoms with Gasteiger partial charge < -0.3 is 25.0 Å². The summed E-state index contributed by atoms with van der Waals surface area (Å²) in [4.78, 5) is 7.00. The van der Waals surface area contributed by atoms with Gasteiger partial charge in [0.1, 0.15) is 0 Å². The molecule has 1 aromatic carbocycles. The van der Waals surface area contributed by atoms with Crippen LogP contribution < -0.4 is 20.1 Å². The first kappa shape index (κ1) is 22.1. The van der Waals surface area contributed by atoms with Crippen molar-refractivity contribution in [2.75, 3.05) is 54.0 Å². The normalized spacial score (nSPS) is 11.5. The van der Waals surface area contributed by atoms with E-state index in [0.717, 1.165) is 56.6 Å². The number of nitrogens with one attached hydrogen (secondary N) is 2. The summed E-state index contributed by atoms with van der Waals surface area (Å²) in [6.45, 7) is 8.88. The molecule has 0 atom stereocenters. The molecule has 0 spiro atoms. The van der Waals surface area contributed by atoms with E-state index in [1.807, 2.05) is 12.1 Å². The lowest BCUT2D eigenvalue weighted by atomic mass is 10.1. The molecule has 6 heteroatoms. The predicted octanol–water partition coefficient (Wildman–Crippen LogP) is 2.53. The third kappa shape index (κ3) is 8.43. The summed E-state index contributed by atoms with van der Waals surface area (Å²) in [6, 6.07) is 6.03. The van der Waals surface area contributed by atoms with E-state index in [-0.39, 0.29) is 0 Å². The highest BCUT2D eigenvalue weighted by molar-refractivity contribution is 5.79. The van der Waals surface area contributed by atoms with Crippen molar-refractivity contribution in [1.82, 2.24) is 15.5 Å². The molecule has 0 radical (unpaired) electrons. The molecule has 2 N–H and O–H groups in total. The molecule has 0 aromatic heterocycles. The minimum atomic E-state index is 0.756. The van der Waals surface area contributed by atoms with E-state index >= 15 is 0 Å². The molecule has 0 bridgehead atoms.